The minimum atomic E-state index is 0.211. The van der Waals surface area contributed by atoms with Gasteiger partial charge in [0.2, 0.25) is 0 Å². The summed E-state index contributed by atoms with van der Waals surface area (Å²) in [7, 11) is 2.10. The lowest BCUT2D eigenvalue weighted by Crippen LogP contribution is -2.30. The fraction of sp³-hybridized carbons (Fsp3) is 0.353. The molecule has 1 unspecified atom stereocenters. The highest BCUT2D eigenvalue weighted by Crippen LogP contribution is 2.23. The molecule has 0 saturated carbocycles. The van der Waals surface area contributed by atoms with Crippen LogP contribution < -0.4 is 5.73 Å². The zero-order chi connectivity index (χ0) is 15.2. The Kier molecular flexibility index (Phi) is 5.79. The summed E-state index contributed by atoms with van der Waals surface area (Å²) < 4.78 is 0. The topological polar surface area (TPSA) is 42.1 Å². The maximum Gasteiger partial charge on any atom is 0.0547 e. The van der Waals surface area contributed by atoms with Crippen LogP contribution in [0.4, 0.5) is 0 Å². The van der Waals surface area contributed by atoms with Gasteiger partial charge >= 0.3 is 0 Å². The van der Waals surface area contributed by atoms with Crippen molar-refractivity contribution in [1.82, 2.24) is 9.88 Å². The van der Waals surface area contributed by atoms with Gasteiger partial charge in [-0.1, -0.05) is 18.2 Å². The van der Waals surface area contributed by atoms with Crippen molar-refractivity contribution in [3.05, 3.63) is 59.4 Å². The van der Waals surface area contributed by atoms with Crippen LogP contribution >= 0.6 is 11.8 Å². The van der Waals surface area contributed by atoms with Crippen LogP contribution in [0.1, 0.15) is 23.0 Å². The second kappa shape index (κ2) is 7.59. The molecular weight excluding hydrogens is 278 g/mol. The molecule has 1 heterocycles. The maximum atomic E-state index is 5.99. The number of pyridine rings is 1. The van der Waals surface area contributed by atoms with E-state index < -0.39 is 0 Å². The highest BCUT2D eigenvalue weighted by molar-refractivity contribution is 7.98. The molecule has 2 aromatic rings. The molecule has 0 aliphatic carbocycles. The van der Waals surface area contributed by atoms with Crippen LogP contribution in [0, 0.1) is 6.92 Å². The summed E-state index contributed by atoms with van der Waals surface area (Å²) >= 11 is 1.75. The third-order valence-corrected chi connectivity index (χ3v) is 4.36. The Morgan fingerprint density at radius 1 is 1.19 bits per heavy atom. The van der Waals surface area contributed by atoms with E-state index in [9.17, 15) is 0 Å². The molecule has 2 N–H and O–H groups in total. The van der Waals surface area contributed by atoms with E-state index in [4.69, 9.17) is 5.73 Å². The third kappa shape index (κ3) is 4.30. The van der Waals surface area contributed by atoms with Crippen molar-refractivity contribution in [2.24, 2.45) is 5.73 Å². The van der Waals surface area contributed by atoms with Crippen LogP contribution in [0.15, 0.2) is 47.4 Å². The van der Waals surface area contributed by atoms with Crippen LogP contribution in [0.2, 0.25) is 0 Å². The number of hydrogen-bond donors (Lipinski definition) is 1. The van der Waals surface area contributed by atoms with Crippen molar-refractivity contribution >= 4 is 11.8 Å². The van der Waals surface area contributed by atoms with Crippen molar-refractivity contribution in [3.63, 3.8) is 0 Å². The summed E-state index contributed by atoms with van der Waals surface area (Å²) in [5.41, 5.74) is 9.38. The SMILES string of the molecule is CSc1ccc(C(CN)N(C)Cc2cccc(C)n2)cc1. The summed E-state index contributed by atoms with van der Waals surface area (Å²) in [5, 5.41) is 0. The number of benzene rings is 1. The fourth-order valence-corrected chi connectivity index (χ4v) is 2.86. The number of likely N-dealkylation sites (N-methyl/N-ethyl adjacent to an activating group) is 1. The van der Waals surface area contributed by atoms with Gasteiger partial charge < -0.3 is 5.73 Å². The average Bonchev–Trinajstić information content (AvgIpc) is 2.48. The monoisotopic (exact) mass is 301 g/mol. The molecule has 0 fully saturated rings. The van der Waals surface area contributed by atoms with E-state index in [1.54, 1.807) is 11.8 Å². The average molecular weight is 301 g/mol. The van der Waals surface area contributed by atoms with Gasteiger partial charge in [0.1, 0.15) is 0 Å². The van der Waals surface area contributed by atoms with Gasteiger partial charge in [0.25, 0.3) is 0 Å². The number of aromatic nitrogens is 1. The number of thioether (sulfide) groups is 1. The Morgan fingerprint density at radius 2 is 1.90 bits per heavy atom. The van der Waals surface area contributed by atoms with Gasteiger partial charge in [0.05, 0.1) is 5.69 Å². The van der Waals surface area contributed by atoms with Crippen molar-refractivity contribution in [1.29, 1.82) is 0 Å². The Labute approximate surface area is 131 Å². The smallest absolute Gasteiger partial charge is 0.0547 e. The highest BCUT2D eigenvalue weighted by Gasteiger charge is 2.16. The van der Waals surface area contributed by atoms with E-state index in [0.717, 1.165) is 17.9 Å². The summed E-state index contributed by atoms with van der Waals surface area (Å²) in [5.74, 6) is 0. The fourth-order valence-electron chi connectivity index (χ4n) is 2.45. The lowest BCUT2D eigenvalue weighted by atomic mass is 10.1. The molecule has 112 valence electrons. The van der Waals surface area contributed by atoms with Crippen molar-refractivity contribution in [2.75, 3.05) is 19.8 Å². The number of nitrogens with two attached hydrogens (primary N) is 1. The molecule has 0 amide bonds. The van der Waals surface area contributed by atoms with E-state index in [-0.39, 0.29) is 6.04 Å². The predicted molar refractivity (Wildman–Crippen MR) is 90.5 cm³/mol. The Hall–Kier alpha value is -1.36. The van der Waals surface area contributed by atoms with Gasteiger partial charge in [-0.05, 0) is 50.1 Å². The minimum absolute atomic E-state index is 0.211. The van der Waals surface area contributed by atoms with Gasteiger partial charge in [0.15, 0.2) is 0 Å². The molecule has 0 bridgehead atoms. The molecule has 3 nitrogen and oxygen atoms in total. The number of hydrogen-bond acceptors (Lipinski definition) is 4. The molecule has 2 rings (SSSR count). The lowest BCUT2D eigenvalue weighted by molar-refractivity contribution is 0.239. The summed E-state index contributed by atoms with van der Waals surface area (Å²) in [4.78, 5) is 8.10. The van der Waals surface area contributed by atoms with Crippen LogP contribution in [0.5, 0.6) is 0 Å². The van der Waals surface area contributed by atoms with Crippen molar-refractivity contribution < 1.29 is 0 Å². The highest BCUT2D eigenvalue weighted by atomic mass is 32.2. The molecule has 0 aliphatic rings. The number of nitrogens with zero attached hydrogens (tertiary/aromatic N) is 2. The third-order valence-electron chi connectivity index (χ3n) is 3.61. The van der Waals surface area contributed by atoms with E-state index in [1.165, 1.54) is 10.5 Å². The molecule has 1 aromatic carbocycles. The summed E-state index contributed by atoms with van der Waals surface area (Å²) in [6.45, 7) is 3.42. The summed E-state index contributed by atoms with van der Waals surface area (Å²) in [6, 6.07) is 15.0. The minimum Gasteiger partial charge on any atom is -0.329 e. The zero-order valence-electron chi connectivity index (χ0n) is 12.9. The number of aryl methyl sites for hydroxylation is 1. The molecule has 0 aliphatic heterocycles. The molecule has 1 aromatic heterocycles. The first kappa shape index (κ1) is 16.0. The van der Waals surface area contributed by atoms with Gasteiger partial charge in [-0.25, -0.2) is 0 Å². The molecular formula is C17H23N3S. The van der Waals surface area contributed by atoms with Crippen LogP contribution in [0.25, 0.3) is 0 Å². The lowest BCUT2D eigenvalue weighted by Gasteiger charge is -2.27. The van der Waals surface area contributed by atoms with Crippen molar-refractivity contribution in [2.45, 2.75) is 24.4 Å². The van der Waals surface area contributed by atoms with Crippen LogP contribution in [-0.4, -0.2) is 29.7 Å². The van der Waals surface area contributed by atoms with E-state index in [2.05, 4.69) is 59.6 Å². The Bertz CT molecular complexity index is 569. The predicted octanol–water partition coefficient (Wildman–Crippen LogP) is 3.24. The molecule has 0 saturated heterocycles. The van der Waals surface area contributed by atoms with Gasteiger partial charge in [0, 0.05) is 29.7 Å². The molecule has 0 spiro atoms. The normalized spacial score (nSPS) is 12.6. The standard InChI is InChI=1S/C17H23N3S/c1-13-5-4-6-15(19-13)12-20(2)17(11-18)14-7-9-16(21-3)10-8-14/h4-10,17H,11-12,18H2,1-3H3. The Balaban J connectivity index is 2.12. The molecule has 1 atom stereocenters. The molecule has 21 heavy (non-hydrogen) atoms. The van der Waals surface area contributed by atoms with E-state index in [1.807, 2.05) is 13.0 Å². The van der Waals surface area contributed by atoms with E-state index >= 15 is 0 Å². The first-order chi connectivity index (χ1) is 10.1. The van der Waals surface area contributed by atoms with Crippen LogP contribution in [0.3, 0.4) is 0 Å². The zero-order valence-corrected chi connectivity index (χ0v) is 13.7. The quantitative estimate of drug-likeness (QED) is 0.832. The molecule has 4 heteroatoms. The first-order valence-electron chi connectivity index (χ1n) is 7.11. The van der Waals surface area contributed by atoms with E-state index in [0.29, 0.717) is 6.54 Å². The van der Waals surface area contributed by atoms with Gasteiger partial charge in [-0.2, -0.15) is 0 Å². The van der Waals surface area contributed by atoms with Gasteiger partial charge in [-0.3, -0.25) is 9.88 Å². The van der Waals surface area contributed by atoms with Crippen molar-refractivity contribution in [3.8, 4) is 0 Å². The molecule has 0 radical (unpaired) electrons. The number of rotatable bonds is 6. The summed E-state index contributed by atoms with van der Waals surface area (Å²) in [6.07, 6.45) is 2.09. The van der Waals surface area contributed by atoms with Gasteiger partial charge in [-0.15, -0.1) is 11.8 Å². The van der Waals surface area contributed by atoms with Crippen LogP contribution in [-0.2, 0) is 6.54 Å². The second-order valence-electron chi connectivity index (χ2n) is 5.21. The largest absolute Gasteiger partial charge is 0.329 e. The Morgan fingerprint density at radius 3 is 2.48 bits per heavy atom. The second-order valence-corrected chi connectivity index (χ2v) is 6.09. The first-order valence-corrected chi connectivity index (χ1v) is 8.33. The maximum absolute atomic E-state index is 5.99.